The summed E-state index contributed by atoms with van der Waals surface area (Å²) in [4.78, 5) is 4.26. The van der Waals surface area contributed by atoms with Crippen LogP contribution in [0.15, 0.2) is 49.2 Å². The average molecular weight is 227 g/mol. The highest BCUT2D eigenvalue weighted by Crippen LogP contribution is 2.13. The second-order valence-electron chi connectivity index (χ2n) is 3.33. The van der Waals surface area contributed by atoms with Crippen molar-refractivity contribution < 1.29 is 0 Å². The van der Waals surface area contributed by atoms with Gasteiger partial charge < -0.3 is 10.6 Å². The molecule has 0 aliphatic rings. The molecule has 0 bridgehead atoms. The zero-order valence-corrected chi connectivity index (χ0v) is 9.30. The highest BCUT2D eigenvalue weighted by Gasteiger charge is 1.99. The van der Waals surface area contributed by atoms with Gasteiger partial charge in [-0.05, 0) is 12.1 Å². The van der Waals surface area contributed by atoms with Gasteiger partial charge >= 0.3 is 0 Å². The van der Waals surface area contributed by atoms with Crippen LogP contribution in [-0.4, -0.2) is 21.7 Å². The summed E-state index contributed by atoms with van der Waals surface area (Å²) < 4.78 is 0. The van der Waals surface area contributed by atoms with Gasteiger partial charge in [0.2, 0.25) is 5.95 Å². The second-order valence-corrected chi connectivity index (χ2v) is 3.33. The van der Waals surface area contributed by atoms with Crippen LogP contribution in [0.25, 0.3) is 0 Å². The van der Waals surface area contributed by atoms with E-state index in [1.165, 1.54) is 0 Å². The van der Waals surface area contributed by atoms with Crippen LogP contribution in [0.2, 0.25) is 0 Å². The maximum absolute atomic E-state index is 4.26. The van der Waals surface area contributed by atoms with Crippen LogP contribution >= 0.6 is 0 Å². The summed E-state index contributed by atoms with van der Waals surface area (Å²) >= 11 is 0. The quantitative estimate of drug-likeness (QED) is 0.767. The smallest absolute Gasteiger partial charge is 0.244 e. The lowest BCUT2D eigenvalue weighted by Gasteiger charge is -2.06. The minimum atomic E-state index is 0.478. The summed E-state index contributed by atoms with van der Waals surface area (Å²) in [6, 6.07) is 9.78. The van der Waals surface area contributed by atoms with Crippen LogP contribution in [-0.2, 0) is 0 Å². The largest absolute Gasteiger partial charge is 0.349 e. The molecular weight excluding hydrogens is 214 g/mol. The van der Waals surface area contributed by atoms with Gasteiger partial charge in [-0.1, -0.05) is 24.3 Å². The van der Waals surface area contributed by atoms with E-state index in [1.54, 1.807) is 12.3 Å². The van der Waals surface area contributed by atoms with E-state index in [0.29, 0.717) is 18.3 Å². The van der Waals surface area contributed by atoms with Gasteiger partial charge in [-0.2, -0.15) is 10.1 Å². The van der Waals surface area contributed by atoms with E-state index in [1.807, 2.05) is 30.3 Å². The Bertz CT molecular complexity index is 483. The van der Waals surface area contributed by atoms with Crippen LogP contribution in [0.3, 0.4) is 0 Å². The zero-order chi connectivity index (χ0) is 11.9. The van der Waals surface area contributed by atoms with Gasteiger partial charge in [-0.3, -0.25) is 0 Å². The molecule has 0 amide bonds. The molecule has 2 rings (SSSR count). The summed E-state index contributed by atoms with van der Waals surface area (Å²) in [5.41, 5.74) is 0.961. The molecule has 0 fully saturated rings. The fourth-order valence-corrected chi connectivity index (χ4v) is 1.27. The lowest BCUT2D eigenvalue weighted by molar-refractivity contribution is 0.968. The number of rotatable bonds is 5. The van der Waals surface area contributed by atoms with E-state index in [4.69, 9.17) is 0 Å². The molecule has 17 heavy (non-hydrogen) atoms. The van der Waals surface area contributed by atoms with Crippen molar-refractivity contribution in [2.45, 2.75) is 0 Å². The van der Waals surface area contributed by atoms with Gasteiger partial charge in [0, 0.05) is 12.2 Å². The van der Waals surface area contributed by atoms with Gasteiger partial charge in [0.1, 0.15) is 0 Å². The first-order valence-corrected chi connectivity index (χ1v) is 5.25. The minimum Gasteiger partial charge on any atom is -0.349 e. The third-order valence-corrected chi connectivity index (χ3v) is 2.01. The van der Waals surface area contributed by atoms with Crippen LogP contribution in [0.5, 0.6) is 0 Å². The first-order valence-electron chi connectivity index (χ1n) is 5.25. The van der Waals surface area contributed by atoms with Gasteiger partial charge in [0.15, 0.2) is 5.82 Å². The van der Waals surface area contributed by atoms with Crippen molar-refractivity contribution in [3.63, 3.8) is 0 Å². The zero-order valence-electron chi connectivity index (χ0n) is 9.30. The molecule has 86 valence electrons. The van der Waals surface area contributed by atoms with E-state index in [9.17, 15) is 0 Å². The fraction of sp³-hybridized carbons (Fsp3) is 0.0833. The second kappa shape index (κ2) is 5.60. The van der Waals surface area contributed by atoms with Crippen LogP contribution < -0.4 is 10.6 Å². The predicted molar refractivity (Wildman–Crippen MR) is 68.2 cm³/mol. The molecule has 5 heteroatoms. The first-order chi connectivity index (χ1) is 8.38. The third kappa shape index (κ3) is 3.27. The number of nitrogens with one attached hydrogen (secondary N) is 2. The summed E-state index contributed by atoms with van der Waals surface area (Å²) in [5, 5.41) is 13.8. The highest BCUT2D eigenvalue weighted by molar-refractivity contribution is 5.55. The van der Waals surface area contributed by atoms with Gasteiger partial charge in [0.05, 0.1) is 6.20 Å². The Morgan fingerprint density at radius 1 is 1.24 bits per heavy atom. The molecule has 0 radical (unpaired) electrons. The Kier molecular flexibility index (Phi) is 3.64. The van der Waals surface area contributed by atoms with E-state index in [0.717, 1.165) is 5.69 Å². The Morgan fingerprint density at radius 3 is 2.82 bits per heavy atom. The van der Waals surface area contributed by atoms with E-state index in [2.05, 4.69) is 32.4 Å². The van der Waals surface area contributed by atoms with Crippen LogP contribution in [0, 0.1) is 0 Å². The molecule has 0 atom stereocenters. The van der Waals surface area contributed by atoms with Crippen molar-refractivity contribution in [1.29, 1.82) is 0 Å². The topological polar surface area (TPSA) is 62.7 Å². The molecular formula is C12H13N5. The Morgan fingerprint density at radius 2 is 2.06 bits per heavy atom. The molecule has 0 aliphatic carbocycles. The summed E-state index contributed by atoms with van der Waals surface area (Å²) in [6.07, 6.45) is 3.31. The molecule has 2 aromatic rings. The van der Waals surface area contributed by atoms with Crippen molar-refractivity contribution in [1.82, 2.24) is 15.2 Å². The van der Waals surface area contributed by atoms with Crippen molar-refractivity contribution in [3.8, 4) is 0 Å². The fourth-order valence-electron chi connectivity index (χ4n) is 1.27. The number of benzene rings is 1. The van der Waals surface area contributed by atoms with E-state index < -0.39 is 0 Å². The first kappa shape index (κ1) is 11.1. The molecule has 5 nitrogen and oxygen atoms in total. The monoisotopic (exact) mass is 227 g/mol. The van der Waals surface area contributed by atoms with Crippen molar-refractivity contribution in [2.24, 2.45) is 0 Å². The van der Waals surface area contributed by atoms with Crippen LogP contribution in [0.4, 0.5) is 17.5 Å². The number of para-hydroxylation sites is 1. The van der Waals surface area contributed by atoms with Crippen molar-refractivity contribution >= 4 is 17.5 Å². The van der Waals surface area contributed by atoms with Crippen molar-refractivity contribution in [2.75, 3.05) is 17.2 Å². The molecule has 0 spiro atoms. The molecule has 0 saturated carbocycles. The summed E-state index contributed by atoms with van der Waals surface area (Å²) in [7, 11) is 0. The maximum Gasteiger partial charge on any atom is 0.244 e. The molecule has 0 unspecified atom stereocenters. The molecule has 1 heterocycles. The number of hydrogen-bond acceptors (Lipinski definition) is 5. The predicted octanol–water partition coefficient (Wildman–Crippen LogP) is 2.21. The molecule has 0 saturated heterocycles. The lowest BCUT2D eigenvalue weighted by Crippen LogP contribution is -2.05. The van der Waals surface area contributed by atoms with Gasteiger partial charge in [-0.25, -0.2) is 0 Å². The van der Waals surface area contributed by atoms with Gasteiger partial charge in [-0.15, -0.1) is 11.7 Å². The molecule has 2 N–H and O–H groups in total. The van der Waals surface area contributed by atoms with E-state index in [-0.39, 0.29) is 0 Å². The standard InChI is InChI=1S/C12H13N5/c1-2-8-13-12-16-11(9-14-17-12)15-10-6-4-3-5-7-10/h2-7,9H,1,8H2,(H2,13,15,16,17). The number of hydrogen-bond donors (Lipinski definition) is 2. The average Bonchev–Trinajstić information content (AvgIpc) is 2.38. The molecule has 1 aromatic carbocycles. The summed E-state index contributed by atoms with van der Waals surface area (Å²) in [5.74, 6) is 1.13. The van der Waals surface area contributed by atoms with Crippen molar-refractivity contribution in [3.05, 3.63) is 49.2 Å². The Hall–Kier alpha value is -2.43. The Balaban J connectivity index is 2.08. The van der Waals surface area contributed by atoms with Crippen LogP contribution in [0.1, 0.15) is 0 Å². The SMILES string of the molecule is C=CCNc1nncc(Nc2ccccc2)n1. The minimum absolute atomic E-state index is 0.478. The Labute approximate surface area is 99.6 Å². The molecule has 0 aliphatic heterocycles. The normalized spacial score (nSPS) is 9.65. The number of anilines is 3. The number of aromatic nitrogens is 3. The number of nitrogens with zero attached hydrogens (tertiary/aromatic N) is 3. The maximum atomic E-state index is 4.26. The lowest BCUT2D eigenvalue weighted by atomic mass is 10.3. The molecule has 1 aromatic heterocycles. The van der Waals surface area contributed by atoms with E-state index >= 15 is 0 Å². The van der Waals surface area contributed by atoms with Gasteiger partial charge in [0.25, 0.3) is 0 Å². The third-order valence-electron chi connectivity index (χ3n) is 2.01. The highest BCUT2D eigenvalue weighted by atomic mass is 15.3. The summed E-state index contributed by atoms with van der Waals surface area (Å²) in [6.45, 7) is 4.22.